The van der Waals surface area contributed by atoms with Gasteiger partial charge in [-0.1, -0.05) is 39.7 Å². The van der Waals surface area contributed by atoms with E-state index >= 15 is 0 Å². The van der Waals surface area contributed by atoms with Crippen molar-refractivity contribution in [2.24, 2.45) is 0 Å². The number of benzene rings is 2. The predicted octanol–water partition coefficient (Wildman–Crippen LogP) is 4.66. The van der Waals surface area contributed by atoms with Crippen LogP contribution < -0.4 is 4.74 Å². The third kappa shape index (κ3) is 2.64. The Morgan fingerprint density at radius 3 is 2.84 bits per heavy atom. The van der Waals surface area contributed by atoms with E-state index in [0.717, 1.165) is 15.6 Å². The molecule has 2 nitrogen and oxygen atoms in total. The lowest BCUT2D eigenvalue weighted by molar-refractivity contribution is 0.0657. The van der Waals surface area contributed by atoms with Crippen molar-refractivity contribution < 1.29 is 9.84 Å². The number of fused-ring (bicyclic) bond motifs is 1. The van der Waals surface area contributed by atoms with Crippen LogP contribution in [0, 0.1) is 0 Å². The smallest absolute Gasteiger partial charge is 0.127 e. The van der Waals surface area contributed by atoms with E-state index in [1.807, 2.05) is 30.3 Å². The first kappa shape index (κ1) is 13.0. The van der Waals surface area contributed by atoms with Crippen molar-refractivity contribution in [1.82, 2.24) is 0 Å². The Bertz CT molecular complexity index is 615. The summed E-state index contributed by atoms with van der Waals surface area (Å²) in [4.78, 5) is 0. The Hall–Kier alpha value is -1.03. The Balaban J connectivity index is 1.95. The van der Waals surface area contributed by atoms with Gasteiger partial charge in [0.25, 0.3) is 0 Å². The predicted molar refractivity (Wildman–Crippen MR) is 78.5 cm³/mol. The van der Waals surface area contributed by atoms with Crippen LogP contribution in [-0.4, -0.2) is 5.11 Å². The second kappa shape index (κ2) is 5.16. The summed E-state index contributed by atoms with van der Waals surface area (Å²) in [5.74, 6) is 0.702. The lowest BCUT2D eigenvalue weighted by Gasteiger charge is -2.30. The quantitative estimate of drug-likeness (QED) is 0.819. The second-order valence-corrected chi connectivity index (χ2v) is 5.95. The van der Waals surface area contributed by atoms with Crippen LogP contribution in [0.4, 0.5) is 0 Å². The normalized spacial score (nSPS) is 21.6. The lowest BCUT2D eigenvalue weighted by atomic mass is 9.95. The van der Waals surface area contributed by atoms with Crippen LogP contribution >= 0.6 is 27.5 Å². The summed E-state index contributed by atoms with van der Waals surface area (Å²) in [6, 6.07) is 13.3. The number of hydrogen-bond donors (Lipinski definition) is 1. The van der Waals surface area contributed by atoms with Crippen molar-refractivity contribution in [2.45, 2.75) is 18.6 Å². The van der Waals surface area contributed by atoms with Gasteiger partial charge >= 0.3 is 0 Å². The first-order valence-electron chi connectivity index (χ1n) is 6.03. The van der Waals surface area contributed by atoms with Crippen LogP contribution in [0.15, 0.2) is 46.9 Å². The number of rotatable bonds is 1. The van der Waals surface area contributed by atoms with Gasteiger partial charge in [0.15, 0.2) is 0 Å². The van der Waals surface area contributed by atoms with Gasteiger partial charge in [0.05, 0.1) is 6.10 Å². The first-order valence-corrected chi connectivity index (χ1v) is 7.20. The third-order valence-electron chi connectivity index (χ3n) is 3.26. The van der Waals surface area contributed by atoms with Gasteiger partial charge in [-0.2, -0.15) is 0 Å². The van der Waals surface area contributed by atoms with Gasteiger partial charge in [0, 0.05) is 21.5 Å². The zero-order valence-corrected chi connectivity index (χ0v) is 12.4. The van der Waals surface area contributed by atoms with Crippen molar-refractivity contribution >= 4 is 27.5 Å². The van der Waals surface area contributed by atoms with Crippen LogP contribution in [0.25, 0.3) is 0 Å². The molecule has 2 atom stereocenters. The average Bonchev–Trinajstić information content (AvgIpc) is 2.39. The van der Waals surface area contributed by atoms with Crippen LogP contribution in [0.2, 0.25) is 5.02 Å². The maximum absolute atomic E-state index is 10.2. The summed E-state index contributed by atoms with van der Waals surface area (Å²) < 4.78 is 6.96. The molecule has 0 saturated heterocycles. The van der Waals surface area contributed by atoms with E-state index in [2.05, 4.69) is 15.9 Å². The Morgan fingerprint density at radius 2 is 2.05 bits per heavy atom. The Morgan fingerprint density at radius 1 is 1.21 bits per heavy atom. The van der Waals surface area contributed by atoms with E-state index in [1.54, 1.807) is 12.1 Å². The molecule has 1 aliphatic rings. The van der Waals surface area contributed by atoms with E-state index in [9.17, 15) is 5.11 Å². The summed E-state index contributed by atoms with van der Waals surface area (Å²) in [6.45, 7) is 0. The summed E-state index contributed by atoms with van der Waals surface area (Å²) in [5.41, 5.74) is 1.81. The molecule has 0 amide bonds. The standard InChI is InChI=1S/C15H12BrClO2/c16-10-3-1-2-9(6-10)15-8-13(18)12-7-11(17)4-5-14(12)19-15/h1-7,13,15,18H,8H2. The molecule has 0 aromatic heterocycles. The van der Waals surface area contributed by atoms with Crippen molar-refractivity contribution in [3.05, 3.63) is 63.1 Å². The van der Waals surface area contributed by atoms with E-state index in [0.29, 0.717) is 17.2 Å². The summed E-state index contributed by atoms with van der Waals surface area (Å²) in [7, 11) is 0. The molecular weight excluding hydrogens is 328 g/mol. The van der Waals surface area contributed by atoms with Crippen LogP contribution in [0.5, 0.6) is 5.75 Å². The number of halogens is 2. The SMILES string of the molecule is OC1CC(c2cccc(Br)c2)Oc2ccc(Cl)cc21. The topological polar surface area (TPSA) is 29.5 Å². The molecule has 0 fully saturated rings. The number of ether oxygens (including phenoxy) is 1. The van der Waals surface area contributed by atoms with E-state index in [4.69, 9.17) is 16.3 Å². The minimum absolute atomic E-state index is 0.138. The fourth-order valence-corrected chi connectivity index (χ4v) is 2.93. The summed E-state index contributed by atoms with van der Waals surface area (Å²) in [5, 5.41) is 10.8. The molecule has 0 saturated carbocycles. The zero-order chi connectivity index (χ0) is 13.4. The zero-order valence-electron chi connectivity index (χ0n) is 10.0. The molecule has 19 heavy (non-hydrogen) atoms. The molecule has 0 aliphatic carbocycles. The maximum Gasteiger partial charge on any atom is 0.127 e. The van der Waals surface area contributed by atoms with Gasteiger partial charge in [-0.3, -0.25) is 0 Å². The molecule has 1 aliphatic heterocycles. The third-order valence-corrected chi connectivity index (χ3v) is 3.99. The first-order chi connectivity index (χ1) is 9.13. The Labute approximate surface area is 125 Å². The molecule has 2 aromatic carbocycles. The molecular formula is C15H12BrClO2. The molecule has 0 bridgehead atoms. The number of aliphatic hydroxyl groups excluding tert-OH is 1. The van der Waals surface area contributed by atoms with E-state index in [1.165, 1.54) is 0 Å². The highest BCUT2D eigenvalue weighted by Crippen LogP contribution is 2.41. The van der Waals surface area contributed by atoms with Crippen molar-refractivity contribution in [3.8, 4) is 5.75 Å². The molecule has 1 heterocycles. The molecule has 4 heteroatoms. The lowest BCUT2D eigenvalue weighted by Crippen LogP contribution is -2.19. The second-order valence-electron chi connectivity index (χ2n) is 4.60. The van der Waals surface area contributed by atoms with E-state index < -0.39 is 6.10 Å². The molecule has 1 N–H and O–H groups in total. The Kier molecular flexibility index (Phi) is 3.52. The molecule has 2 aromatic rings. The van der Waals surface area contributed by atoms with Crippen molar-refractivity contribution in [3.63, 3.8) is 0 Å². The fraction of sp³-hybridized carbons (Fsp3) is 0.200. The molecule has 0 radical (unpaired) electrons. The van der Waals surface area contributed by atoms with Gasteiger partial charge in [-0.05, 0) is 35.9 Å². The van der Waals surface area contributed by atoms with Crippen LogP contribution in [0.1, 0.15) is 29.8 Å². The highest BCUT2D eigenvalue weighted by Gasteiger charge is 2.28. The largest absolute Gasteiger partial charge is 0.485 e. The summed E-state index contributed by atoms with van der Waals surface area (Å²) in [6.07, 6.45) is -0.156. The minimum Gasteiger partial charge on any atom is -0.485 e. The van der Waals surface area contributed by atoms with Crippen LogP contribution in [0.3, 0.4) is 0 Å². The van der Waals surface area contributed by atoms with Gasteiger partial charge in [0.2, 0.25) is 0 Å². The molecule has 98 valence electrons. The highest BCUT2D eigenvalue weighted by atomic mass is 79.9. The number of hydrogen-bond acceptors (Lipinski definition) is 2. The number of aliphatic hydroxyl groups is 1. The van der Waals surface area contributed by atoms with Crippen LogP contribution in [-0.2, 0) is 0 Å². The fourth-order valence-electron chi connectivity index (χ4n) is 2.33. The minimum atomic E-state index is -0.550. The van der Waals surface area contributed by atoms with Gasteiger partial charge in [0.1, 0.15) is 11.9 Å². The molecule has 2 unspecified atom stereocenters. The maximum atomic E-state index is 10.2. The molecule has 0 spiro atoms. The van der Waals surface area contributed by atoms with Gasteiger partial charge in [-0.25, -0.2) is 0 Å². The molecule has 3 rings (SSSR count). The van der Waals surface area contributed by atoms with Gasteiger partial charge < -0.3 is 9.84 Å². The van der Waals surface area contributed by atoms with E-state index in [-0.39, 0.29) is 6.10 Å². The average molecular weight is 340 g/mol. The summed E-state index contributed by atoms with van der Waals surface area (Å²) >= 11 is 9.39. The monoisotopic (exact) mass is 338 g/mol. The highest BCUT2D eigenvalue weighted by molar-refractivity contribution is 9.10. The van der Waals surface area contributed by atoms with Crippen molar-refractivity contribution in [1.29, 1.82) is 0 Å². The van der Waals surface area contributed by atoms with Gasteiger partial charge in [-0.15, -0.1) is 0 Å². The van der Waals surface area contributed by atoms with Crippen molar-refractivity contribution in [2.75, 3.05) is 0 Å².